The Labute approximate surface area is 279 Å². The molecule has 0 aliphatic heterocycles. The molecule has 2 amide bonds. The summed E-state index contributed by atoms with van der Waals surface area (Å²) in [6, 6.07) is 25.6. The second kappa shape index (κ2) is 15.8. The minimum Gasteiger partial charge on any atom is -0.493 e. The van der Waals surface area contributed by atoms with E-state index >= 15 is 0 Å². The maximum absolute atomic E-state index is 14.5. The Morgan fingerprint density at radius 3 is 2.11 bits per heavy atom. The Hall–Kier alpha value is -4.25. The van der Waals surface area contributed by atoms with Gasteiger partial charge in [0.2, 0.25) is 11.8 Å². The maximum Gasteiger partial charge on any atom is 0.264 e. The molecule has 0 spiro atoms. The number of hydrogen-bond acceptors (Lipinski definition) is 6. The van der Waals surface area contributed by atoms with E-state index in [0.29, 0.717) is 27.9 Å². The van der Waals surface area contributed by atoms with Crippen LogP contribution in [0.2, 0.25) is 10.0 Å². The summed E-state index contributed by atoms with van der Waals surface area (Å²) in [5.41, 5.74) is 1.70. The third-order valence-corrected chi connectivity index (χ3v) is 9.46. The van der Waals surface area contributed by atoms with E-state index in [1.54, 1.807) is 31.2 Å². The topological polar surface area (TPSA) is 105 Å². The maximum atomic E-state index is 14.5. The number of carbonyl (C=O) groups excluding carboxylic acids is 2. The molecule has 12 heteroatoms. The van der Waals surface area contributed by atoms with Crippen LogP contribution in [-0.2, 0) is 32.6 Å². The number of likely N-dealkylation sites (N-methyl/N-ethyl adjacent to an activating group) is 1. The first kappa shape index (κ1) is 34.6. The van der Waals surface area contributed by atoms with Crippen LogP contribution in [0.3, 0.4) is 0 Å². The fraction of sp³-hybridized carbons (Fsp3) is 0.235. The van der Waals surface area contributed by atoms with Crippen molar-refractivity contribution in [3.8, 4) is 11.5 Å². The third-order valence-electron chi connectivity index (χ3n) is 7.20. The van der Waals surface area contributed by atoms with E-state index < -0.39 is 28.5 Å². The van der Waals surface area contributed by atoms with Crippen molar-refractivity contribution in [3.63, 3.8) is 0 Å². The van der Waals surface area contributed by atoms with E-state index in [1.165, 1.54) is 61.6 Å². The minimum absolute atomic E-state index is 0.00110. The summed E-state index contributed by atoms with van der Waals surface area (Å²) in [7, 11) is -1.52. The van der Waals surface area contributed by atoms with E-state index in [1.807, 2.05) is 30.3 Å². The zero-order valence-electron chi connectivity index (χ0n) is 25.7. The Balaban J connectivity index is 1.82. The summed E-state index contributed by atoms with van der Waals surface area (Å²) in [4.78, 5) is 29.3. The van der Waals surface area contributed by atoms with Gasteiger partial charge < -0.3 is 19.7 Å². The SMILES string of the molecule is CCNC(=O)[C@H](Cc1ccccc1)N(Cc1cccc(Cl)c1)C(=O)CN(c1ccc(Cl)cc1)S(=O)(=O)c1ccc(OC)c(OC)c1. The molecule has 0 unspecified atom stereocenters. The molecule has 0 saturated heterocycles. The Morgan fingerprint density at radius 2 is 1.48 bits per heavy atom. The summed E-state index contributed by atoms with van der Waals surface area (Å²) in [5.74, 6) is -0.435. The molecular formula is C34H35Cl2N3O6S. The number of sulfonamides is 1. The molecule has 46 heavy (non-hydrogen) atoms. The van der Waals surface area contributed by atoms with Crippen molar-refractivity contribution in [2.45, 2.75) is 30.8 Å². The first-order valence-corrected chi connectivity index (χ1v) is 16.6. The standard InChI is InChI=1S/C34H35Cl2N3O6S/c1-4-37-34(41)30(20-24-9-6-5-7-10-24)38(22-25-11-8-12-27(36)19-25)33(40)23-39(28-15-13-26(35)14-16-28)46(42,43)29-17-18-31(44-2)32(21-29)45-3/h5-19,21,30H,4,20,22-23H2,1-3H3,(H,37,41)/t30-/m0/s1. The second-order valence-electron chi connectivity index (χ2n) is 10.3. The van der Waals surface area contributed by atoms with Crippen molar-refractivity contribution >= 4 is 50.7 Å². The van der Waals surface area contributed by atoms with E-state index in [4.69, 9.17) is 32.7 Å². The van der Waals surface area contributed by atoms with Gasteiger partial charge in [0.05, 0.1) is 24.8 Å². The van der Waals surface area contributed by atoms with Gasteiger partial charge in [-0.2, -0.15) is 0 Å². The highest BCUT2D eigenvalue weighted by atomic mass is 35.5. The molecule has 1 atom stereocenters. The van der Waals surface area contributed by atoms with Crippen molar-refractivity contribution in [3.05, 3.63) is 118 Å². The summed E-state index contributed by atoms with van der Waals surface area (Å²) in [6.45, 7) is 1.51. The number of methoxy groups -OCH3 is 2. The van der Waals surface area contributed by atoms with Crippen molar-refractivity contribution in [2.24, 2.45) is 0 Å². The molecule has 0 aliphatic carbocycles. The predicted molar refractivity (Wildman–Crippen MR) is 180 cm³/mol. The molecule has 0 radical (unpaired) electrons. The number of amides is 2. The highest BCUT2D eigenvalue weighted by Gasteiger charge is 2.35. The summed E-state index contributed by atoms with van der Waals surface area (Å²) >= 11 is 12.4. The zero-order chi connectivity index (χ0) is 33.3. The molecule has 4 aromatic rings. The number of hydrogen-bond donors (Lipinski definition) is 1. The normalized spacial score (nSPS) is 11.8. The predicted octanol–water partition coefficient (Wildman–Crippen LogP) is 5.98. The molecule has 0 aromatic heterocycles. The molecular weight excluding hydrogens is 649 g/mol. The van der Waals surface area contributed by atoms with Crippen molar-refractivity contribution < 1.29 is 27.5 Å². The smallest absolute Gasteiger partial charge is 0.264 e. The molecule has 1 N–H and O–H groups in total. The molecule has 0 bridgehead atoms. The third kappa shape index (κ3) is 8.51. The molecule has 4 rings (SSSR count). The van der Waals surface area contributed by atoms with Crippen LogP contribution < -0.4 is 19.1 Å². The van der Waals surface area contributed by atoms with Crippen LogP contribution in [0.4, 0.5) is 5.69 Å². The van der Waals surface area contributed by atoms with Crippen LogP contribution >= 0.6 is 23.2 Å². The lowest BCUT2D eigenvalue weighted by Gasteiger charge is -2.34. The molecule has 0 saturated carbocycles. The lowest BCUT2D eigenvalue weighted by atomic mass is 10.0. The first-order chi connectivity index (χ1) is 22.1. The number of rotatable bonds is 14. The molecule has 9 nitrogen and oxygen atoms in total. The van der Waals surface area contributed by atoms with Gasteiger partial charge >= 0.3 is 0 Å². The zero-order valence-corrected chi connectivity index (χ0v) is 28.0. The van der Waals surface area contributed by atoms with Gasteiger partial charge in [-0.15, -0.1) is 0 Å². The summed E-state index contributed by atoms with van der Waals surface area (Å²) in [6.07, 6.45) is 0.197. The van der Waals surface area contributed by atoms with E-state index in [9.17, 15) is 18.0 Å². The Morgan fingerprint density at radius 1 is 0.804 bits per heavy atom. The lowest BCUT2D eigenvalue weighted by Crippen LogP contribution is -2.53. The van der Waals surface area contributed by atoms with Crippen LogP contribution in [0.1, 0.15) is 18.1 Å². The number of ether oxygens (including phenoxy) is 2. The largest absolute Gasteiger partial charge is 0.493 e. The first-order valence-electron chi connectivity index (χ1n) is 14.4. The molecule has 0 aliphatic rings. The van der Waals surface area contributed by atoms with Gasteiger partial charge in [-0.25, -0.2) is 8.42 Å². The number of benzene rings is 4. The number of anilines is 1. The quantitative estimate of drug-likeness (QED) is 0.175. The minimum atomic E-state index is -4.36. The molecule has 4 aromatic carbocycles. The second-order valence-corrected chi connectivity index (χ2v) is 13.0. The van der Waals surface area contributed by atoms with Crippen molar-refractivity contribution in [2.75, 3.05) is 31.6 Å². The van der Waals surface area contributed by atoms with E-state index in [0.717, 1.165) is 9.87 Å². The van der Waals surface area contributed by atoms with Gasteiger partial charge in [-0.3, -0.25) is 13.9 Å². The van der Waals surface area contributed by atoms with Crippen LogP contribution in [0, 0.1) is 0 Å². The van der Waals surface area contributed by atoms with Gasteiger partial charge in [-0.1, -0.05) is 65.7 Å². The van der Waals surface area contributed by atoms with Gasteiger partial charge in [0.15, 0.2) is 11.5 Å². The van der Waals surface area contributed by atoms with E-state index in [-0.39, 0.29) is 35.2 Å². The average Bonchev–Trinajstić information content (AvgIpc) is 3.05. The Bertz CT molecular complexity index is 1750. The van der Waals surface area contributed by atoms with Gasteiger partial charge in [0.25, 0.3) is 10.0 Å². The molecule has 0 heterocycles. The van der Waals surface area contributed by atoms with Crippen LogP contribution in [-0.4, -0.2) is 58.5 Å². The monoisotopic (exact) mass is 683 g/mol. The average molecular weight is 685 g/mol. The fourth-order valence-electron chi connectivity index (χ4n) is 4.92. The number of halogens is 2. The molecule has 242 valence electrons. The number of nitrogens with one attached hydrogen (secondary N) is 1. The van der Waals surface area contributed by atoms with E-state index in [2.05, 4.69) is 5.32 Å². The highest BCUT2D eigenvalue weighted by molar-refractivity contribution is 7.92. The number of nitrogens with zero attached hydrogens (tertiary/aromatic N) is 2. The highest BCUT2D eigenvalue weighted by Crippen LogP contribution is 2.33. The Kier molecular flexibility index (Phi) is 11.9. The van der Waals surface area contributed by atoms with Crippen LogP contribution in [0.15, 0.2) is 102 Å². The van der Waals surface area contributed by atoms with Crippen LogP contribution in [0.5, 0.6) is 11.5 Å². The van der Waals surface area contributed by atoms with Gasteiger partial charge in [0, 0.05) is 35.6 Å². The number of carbonyl (C=O) groups is 2. The van der Waals surface area contributed by atoms with Gasteiger partial charge in [0.1, 0.15) is 12.6 Å². The van der Waals surface area contributed by atoms with Gasteiger partial charge in [-0.05, 0) is 66.6 Å². The van der Waals surface area contributed by atoms with Crippen LogP contribution in [0.25, 0.3) is 0 Å². The van der Waals surface area contributed by atoms with Crippen molar-refractivity contribution in [1.82, 2.24) is 10.2 Å². The lowest BCUT2D eigenvalue weighted by molar-refractivity contribution is -0.140. The van der Waals surface area contributed by atoms with Crippen molar-refractivity contribution in [1.29, 1.82) is 0 Å². The summed E-state index contributed by atoms with van der Waals surface area (Å²) < 4.78 is 40.2. The molecule has 0 fully saturated rings. The summed E-state index contributed by atoms with van der Waals surface area (Å²) in [5, 5.41) is 3.69. The fourth-order valence-corrected chi connectivity index (χ4v) is 6.69.